The Morgan fingerprint density at radius 3 is 1.98 bits per heavy atom. The van der Waals surface area contributed by atoms with Crippen molar-refractivity contribution in [2.75, 3.05) is 4.90 Å². The summed E-state index contributed by atoms with van der Waals surface area (Å²) < 4.78 is 6.43. The van der Waals surface area contributed by atoms with E-state index in [4.69, 9.17) is 4.42 Å². The van der Waals surface area contributed by atoms with Gasteiger partial charge in [0.25, 0.3) is 0 Å². The summed E-state index contributed by atoms with van der Waals surface area (Å²) in [7, 11) is 0. The van der Waals surface area contributed by atoms with Gasteiger partial charge in [0.1, 0.15) is 11.2 Å². The van der Waals surface area contributed by atoms with Crippen LogP contribution in [0, 0.1) is 23.7 Å². The van der Waals surface area contributed by atoms with Gasteiger partial charge < -0.3 is 9.32 Å². The minimum absolute atomic E-state index is 0.132. The summed E-state index contributed by atoms with van der Waals surface area (Å²) in [5, 5.41) is 4.84. The molecule has 5 aliphatic rings. The van der Waals surface area contributed by atoms with Crippen LogP contribution in [-0.2, 0) is 5.41 Å². The Morgan fingerprint density at radius 1 is 0.478 bits per heavy atom. The summed E-state index contributed by atoms with van der Waals surface area (Å²) in [6.45, 7) is 0. The molecule has 0 atom stereocenters. The van der Waals surface area contributed by atoms with Crippen molar-refractivity contribution in [3.63, 3.8) is 0 Å². The van der Waals surface area contributed by atoms with Crippen LogP contribution in [0.1, 0.15) is 43.2 Å². The lowest BCUT2D eigenvalue weighted by Gasteiger charge is -2.61. The van der Waals surface area contributed by atoms with Crippen LogP contribution in [0.25, 0.3) is 43.8 Å². The van der Waals surface area contributed by atoms with Gasteiger partial charge in [-0.05, 0) is 131 Å². The van der Waals surface area contributed by atoms with Gasteiger partial charge in [0, 0.05) is 39.3 Å². The molecule has 0 N–H and O–H groups in total. The van der Waals surface area contributed by atoms with E-state index in [1.807, 2.05) is 0 Å². The fraction of sp³-hybridized carbons (Fsp3) is 0.227. The Bertz CT molecular complexity index is 2330. The second-order valence-corrected chi connectivity index (χ2v) is 14.6. The third-order valence-electron chi connectivity index (χ3n) is 12.4. The molecule has 2 nitrogen and oxygen atoms in total. The van der Waals surface area contributed by atoms with Crippen LogP contribution in [0.4, 0.5) is 17.1 Å². The van der Waals surface area contributed by atoms with E-state index in [0.717, 1.165) is 45.9 Å². The highest BCUT2D eigenvalue weighted by Crippen LogP contribution is 2.69. The number of nitrogens with zero attached hydrogens (tertiary/aromatic N) is 1. The quantitative estimate of drug-likeness (QED) is 0.203. The molecule has 7 aromatic rings. The average molecular weight is 594 g/mol. The van der Waals surface area contributed by atoms with Gasteiger partial charge >= 0.3 is 0 Å². The van der Waals surface area contributed by atoms with Gasteiger partial charge in [-0.3, -0.25) is 0 Å². The van der Waals surface area contributed by atoms with Crippen LogP contribution in [0.3, 0.4) is 0 Å². The minimum atomic E-state index is 0.132. The van der Waals surface area contributed by atoms with Gasteiger partial charge in [-0.15, -0.1) is 0 Å². The predicted octanol–water partition coefficient (Wildman–Crippen LogP) is 11.9. The van der Waals surface area contributed by atoms with Crippen molar-refractivity contribution in [3.8, 4) is 11.1 Å². The van der Waals surface area contributed by atoms with Crippen LogP contribution in [0.15, 0.2) is 132 Å². The third-order valence-corrected chi connectivity index (χ3v) is 12.4. The Kier molecular flexibility index (Phi) is 5.04. The topological polar surface area (TPSA) is 16.4 Å². The summed E-state index contributed by atoms with van der Waals surface area (Å²) >= 11 is 0. The molecule has 0 aliphatic heterocycles. The highest BCUT2D eigenvalue weighted by molar-refractivity contribution is 6.06. The van der Waals surface area contributed by atoms with Crippen molar-refractivity contribution in [1.29, 1.82) is 0 Å². The first-order valence-electron chi connectivity index (χ1n) is 17.2. The highest BCUT2D eigenvalue weighted by atomic mass is 16.3. The lowest BCUT2D eigenvalue weighted by Crippen LogP contribution is -2.55. The first-order valence-corrected chi connectivity index (χ1v) is 17.2. The van der Waals surface area contributed by atoms with Crippen molar-refractivity contribution in [2.45, 2.75) is 37.5 Å². The Labute approximate surface area is 269 Å². The molecule has 12 rings (SSSR count). The molecule has 0 amide bonds. The first kappa shape index (κ1) is 25.4. The number of para-hydroxylation sites is 1. The molecule has 222 valence electrons. The van der Waals surface area contributed by atoms with Gasteiger partial charge in [-0.25, -0.2) is 0 Å². The molecule has 5 aliphatic carbocycles. The zero-order chi connectivity index (χ0) is 30.0. The van der Waals surface area contributed by atoms with Crippen molar-refractivity contribution >= 4 is 49.8 Å². The molecular formula is C44H35NO. The van der Waals surface area contributed by atoms with Crippen LogP contribution >= 0.6 is 0 Å². The van der Waals surface area contributed by atoms with Gasteiger partial charge in [0.05, 0.1) is 0 Å². The van der Waals surface area contributed by atoms with E-state index in [1.165, 1.54) is 70.8 Å². The standard InChI is InChI=1S/C44H35NO/c1-2-8-30-24-33(14-13-29(30)7-1)45(35-16-18-39-38-10-4-6-12-42(38)46-43(39)26-35)34-15-17-37-36-9-3-5-11-40(36)44(41(37)25-34)31-20-27-19-28(22-31)23-32(44)21-27/h1-18,24-28,31-32H,19-23H2. The summed E-state index contributed by atoms with van der Waals surface area (Å²) in [5.74, 6) is 3.33. The van der Waals surface area contributed by atoms with E-state index in [-0.39, 0.29) is 5.41 Å². The van der Waals surface area contributed by atoms with Crippen LogP contribution < -0.4 is 4.90 Å². The maximum absolute atomic E-state index is 6.43. The Balaban J connectivity index is 1.15. The Morgan fingerprint density at radius 2 is 1.11 bits per heavy atom. The van der Waals surface area contributed by atoms with Gasteiger partial charge in [0.2, 0.25) is 0 Å². The molecule has 0 radical (unpaired) electrons. The number of benzene rings is 6. The summed E-state index contributed by atoms with van der Waals surface area (Å²) in [4.78, 5) is 2.46. The molecule has 4 saturated carbocycles. The number of fused-ring (bicyclic) bond motifs is 7. The SMILES string of the molecule is c1ccc2c(c1)-c1ccc(N(c3ccc4ccccc4c3)c3ccc4c(c3)oc3ccccc34)cc1C21C2CC3CC(C2)CC1C3. The van der Waals surface area contributed by atoms with E-state index in [0.29, 0.717) is 0 Å². The van der Waals surface area contributed by atoms with E-state index in [9.17, 15) is 0 Å². The summed E-state index contributed by atoms with van der Waals surface area (Å²) in [6.07, 6.45) is 7.03. The van der Waals surface area contributed by atoms with Crippen LogP contribution in [0.2, 0.25) is 0 Å². The Hall–Kier alpha value is -4.82. The molecule has 4 bridgehead atoms. The predicted molar refractivity (Wildman–Crippen MR) is 189 cm³/mol. The molecule has 6 aromatic carbocycles. The number of hydrogen-bond donors (Lipinski definition) is 0. The number of rotatable bonds is 3. The van der Waals surface area contributed by atoms with Gasteiger partial charge in [0.15, 0.2) is 0 Å². The van der Waals surface area contributed by atoms with Gasteiger partial charge in [-0.1, -0.05) is 78.9 Å². The fourth-order valence-corrected chi connectivity index (χ4v) is 10.9. The molecule has 1 heterocycles. The first-order chi connectivity index (χ1) is 22.7. The third kappa shape index (κ3) is 3.32. The van der Waals surface area contributed by atoms with E-state index in [1.54, 1.807) is 11.1 Å². The smallest absolute Gasteiger partial charge is 0.137 e. The zero-order valence-corrected chi connectivity index (χ0v) is 25.8. The molecule has 0 saturated heterocycles. The van der Waals surface area contributed by atoms with Crippen molar-refractivity contribution in [2.24, 2.45) is 23.7 Å². The summed E-state index contributed by atoms with van der Waals surface area (Å²) in [6, 6.07) is 47.5. The minimum Gasteiger partial charge on any atom is -0.456 e. The second kappa shape index (κ2) is 9.13. The van der Waals surface area contributed by atoms with Crippen LogP contribution in [-0.4, -0.2) is 0 Å². The van der Waals surface area contributed by atoms with Crippen molar-refractivity contribution < 1.29 is 4.42 Å². The average Bonchev–Trinajstić information content (AvgIpc) is 3.60. The van der Waals surface area contributed by atoms with Crippen molar-refractivity contribution in [3.05, 3.63) is 139 Å². The van der Waals surface area contributed by atoms with E-state index >= 15 is 0 Å². The molecule has 4 fully saturated rings. The van der Waals surface area contributed by atoms with Crippen LogP contribution in [0.5, 0.6) is 0 Å². The normalized spacial score (nSPS) is 25.5. The zero-order valence-electron chi connectivity index (χ0n) is 25.8. The number of hydrogen-bond acceptors (Lipinski definition) is 2. The molecule has 46 heavy (non-hydrogen) atoms. The second-order valence-electron chi connectivity index (χ2n) is 14.6. The van der Waals surface area contributed by atoms with E-state index < -0.39 is 0 Å². The molecular weight excluding hydrogens is 558 g/mol. The maximum Gasteiger partial charge on any atom is 0.137 e. The van der Waals surface area contributed by atoms with Gasteiger partial charge in [-0.2, -0.15) is 0 Å². The fourth-order valence-electron chi connectivity index (χ4n) is 10.9. The molecule has 1 aromatic heterocycles. The maximum atomic E-state index is 6.43. The van der Waals surface area contributed by atoms with E-state index in [2.05, 4.69) is 132 Å². The lowest BCUT2D eigenvalue weighted by atomic mass is 9.43. The largest absolute Gasteiger partial charge is 0.456 e. The van der Waals surface area contributed by atoms with Crippen molar-refractivity contribution in [1.82, 2.24) is 0 Å². The number of furan rings is 1. The highest BCUT2D eigenvalue weighted by Gasteiger charge is 2.61. The lowest BCUT2D eigenvalue weighted by molar-refractivity contribution is -0.0399. The summed E-state index contributed by atoms with van der Waals surface area (Å²) in [5.41, 5.74) is 11.6. The molecule has 0 unspecified atom stereocenters. The molecule has 1 spiro atoms. The molecule has 2 heteroatoms. The number of anilines is 3. The monoisotopic (exact) mass is 593 g/mol.